The van der Waals surface area contributed by atoms with E-state index >= 15 is 0 Å². The molecule has 21 heavy (non-hydrogen) atoms. The third-order valence-electron chi connectivity index (χ3n) is 3.46. The monoisotopic (exact) mass is 341 g/mol. The fourth-order valence-electron chi connectivity index (χ4n) is 2.34. The highest BCUT2D eigenvalue weighted by Crippen LogP contribution is 2.27. The molecular weight excluding hydrogens is 325 g/mol. The number of hydrogen-bond donors (Lipinski definition) is 1. The van der Waals surface area contributed by atoms with Gasteiger partial charge in [-0.3, -0.25) is 0 Å². The number of nitrogens with one attached hydrogen (secondary N) is 1. The van der Waals surface area contributed by atoms with E-state index in [4.69, 9.17) is 34.8 Å². The van der Waals surface area contributed by atoms with Gasteiger partial charge in [-0.1, -0.05) is 59.9 Å². The molecule has 2 aromatic carbocycles. The Kier molecular flexibility index (Phi) is 5.95. The summed E-state index contributed by atoms with van der Waals surface area (Å²) in [6.07, 6.45) is 0.853. The Morgan fingerprint density at radius 2 is 1.67 bits per heavy atom. The van der Waals surface area contributed by atoms with Crippen molar-refractivity contribution in [2.24, 2.45) is 0 Å². The van der Waals surface area contributed by atoms with Crippen LogP contribution in [0.2, 0.25) is 15.1 Å². The van der Waals surface area contributed by atoms with Gasteiger partial charge < -0.3 is 5.32 Å². The summed E-state index contributed by atoms with van der Waals surface area (Å²) < 4.78 is 0. The Labute approximate surface area is 141 Å². The quantitative estimate of drug-likeness (QED) is 0.719. The van der Waals surface area contributed by atoms with Gasteiger partial charge in [-0.25, -0.2) is 0 Å². The first kappa shape index (κ1) is 16.6. The van der Waals surface area contributed by atoms with E-state index in [-0.39, 0.29) is 6.04 Å². The normalized spacial score (nSPS) is 12.4. The summed E-state index contributed by atoms with van der Waals surface area (Å²) in [7, 11) is 0. The van der Waals surface area contributed by atoms with Gasteiger partial charge in [-0.05, 0) is 54.8 Å². The summed E-state index contributed by atoms with van der Waals surface area (Å²) in [5.74, 6) is 0. The van der Waals surface area contributed by atoms with Gasteiger partial charge in [-0.2, -0.15) is 0 Å². The lowest BCUT2D eigenvalue weighted by molar-refractivity contribution is 0.549. The van der Waals surface area contributed by atoms with Crippen molar-refractivity contribution in [3.8, 4) is 0 Å². The maximum atomic E-state index is 6.11. The first-order valence-electron chi connectivity index (χ1n) is 6.94. The van der Waals surface area contributed by atoms with Gasteiger partial charge in [0.25, 0.3) is 0 Å². The third kappa shape index (κ3) is 4.37. The molecule has 0 aliphatic heterocycles. The molecular formula is C17H18Cl3N. The minimum Gasteiger partial charge on any atom is -0.310 e. The molecule has 0 aromatic heterocycles. The topological polar surface area (TPSA) is 12.0 Å². The first-order valence-corrected chi connectivity index (χ1v) is 8.08. The lowest BCUT2D eigenvalue weighted by atomic mass is 9.97. The van der Waals surface area contributed by atoms with Gasteiger partial charge in [0.05, 0.1) is 10.0 Å². The van der Waals surface area contributed by atoms with Gasteiger partial charge in [0, 0.05) is 11.1 Å². The summed E-state index contributed by atoms with van der Waals surface area (Å²) in [4.78, 5) is 0. The largest absolute Gasteiger partial charge is 0.310 e. The van der Waals surface area contributed by atoms with Gasteiger partial charge in [0.15, 0.2) is 0 Å². The molecule has 1 nitrogen and oxygen atoms in total. The second kappa shape index (κ2) is 7.51. The Morgan fingerprint density at radius 3 is 2.29 bits per heavy atom. The van der Waals surface area contributed by atoms with Crippen molar-refractivity contribution in [2.75, 3.05) is 6.54 Å². The molecule has 0 bridgehead atoms. The molecule has 2 aromatic rings. The molecule has 0 saturated heterocycles. The van der Waals surface area contributed by atoms with Crippen LogP contribution in [0.5, 0.6) is 0 Å². The number of benzene rings is 2. The zero-order valence-corrected chi connectivity index (χ0v) is 14.4. The number of hydrogen-bond acceptors (Lipinski definition) is 1. The Hall–Kier alpha value is -0.730. The second-order valence-electron chi connectivity index (χ2n) is 5.07. The molecule has 0 aliphatic carbocycles. The first-order chi connectivity index (χ1) is 10.0. The molecule has 4 heteroatoms. The molecule has 0 aliphatic rings. The number of halogens is 3. The SMILES string of the molecule is CCNC(Cc1ccc(Cl)c(Cl)c1)c1ccc(Cl)c(C)c1. The minimum atomic E-state index is 0.225. The van der Waals surface area contributed by atoms with E-state index in [9.17, 15) is 0 Å². The summed E-state index contributed by atoms with van der Waals surface area (Å²) >= 11 is 18.2. The highest BCUT2D eigenvalue weighted by atomic mass is 35.5. The van der Waals surface area contributed by atoms with Gasteiger partial charge in [-0.15, -0.1) is 0 Å². The minimum absolute atomic E-state index is 0.225. The number of rotatable bonds is 5. The maximum absolute atomic E-state index is 6.11. The Morgan fingerprint density at radius 1 is 0.952 bits per heavy atom. The third-order valence-corrected chi connectivity index (χ3v) is 4.62. The van der Waals surface area contributed by atoms with Crippen LogP contribution in [0.1, 0.15) is 29.7 Å². The van der Waals surface area contributed by atoms with Crippen LogP contribution in [0, 0.1) is 6.92 Å². The van der Waals surface area contributed by atoms with E-state index < -0.39 is 0 Å². The van der Waals surface area contributed by atoms with E-state index in [0.717, 1.165) is 29.1 Å². The van der Waals surface area contributed by atoms with Crippen molar-refractivity contribution in [3.63, 3.8) is 0 Å². The van der Waals surface area contributed by atoms with Crippen LogP contribution >= 0.6 is 34.8 Å². The molecule has 2 rings (SSSR count). The molecule has 0 saturated carbocycles. The van der Waals surface area contributed by atoms with E-state index in [2.05, 4.69) is 24.4 Å². The average molecular weight is 343 g/mol. The molecule has 1 N–H and O–H groups in total. The highest BCUT2D eigenvalue weighted by Gasteiger charge is 2.13. The molecule has 112 valence electrons. The van der Waals surface area contributed by atoms with Crippen molar-refractivity contribution < 1.29 is 0 Å². The van der Waals surface area contributed by atoms with Gasteiger partial charge in [0.1, 0.15) is 0 Å². The van der Waals surface area contributed by atoms with Crippen LogP contribution in [0.25, 0.3) is 0 Å². The van der Waals surface area contributed by atoms with Crippen molar-refractivity contribution in [2.45, 2.75) is 26.3 Å². The number of likely N-dealkylation sites (N-methyl/N-ethyl adjacent to an activating group) is 1. The summed E-state index contributed by atoms with van der Waals surface area (Å²) in [5, 5.41) is 5.48. The van der Waals surface area contributed by atoms with Gasteiger partial charge in [0.2, 0.25) is 0 Å². The highest BCUT2D eigenvalue weighted by molar-refractivity contribution is 6.42. The van der Waals surface area contributed by atoms with E-state index in [1.54, 1.807) is 0 Å². The van der Waals surface area contributed by atoms with Crippen LogP contribution in [0.15, 0.2) is 36.4 Å². The zero-order valence-electron chi connectivity index (χ0n) is 12.1. The summed E-state index contributed by atoms with van der Waals surface area (Å²) in [5.41, 5.74) is 3.47. The van der Waals surface area contributed by atoms with Crippen molar-refractivity contribution >= 4 is 34.8 Å². The summed E-state index contributed by atoms with van der Waals surface area (Å²) in [6.45, 7) is 5.02. The van der Waals surface area contributed by atoms with Crippen LogP contribution in [0.4, 0.5) is 0 Å². The van der Waals surface area contributed by atoms with E-state index in [1.165, 1.54) is 5.56 Å². The molecule has 0 heterocycles. The maximum Gasteiger partial charge on any atom is 0.0595 e. The van der Waals surface area contributed by atoms with Crippen LogP contribution in [0.3, 0.4) is 0 Å². The van der Waals surface area contributed by atoms with Crippen molar-refractivity contribution in [3.05, 3.63) is 68.2 Å². The fraction of sp³-hybridized carbons (Fsp3) is 0.294. The Bertz CT molecular complexity index is 625. The molecule has 0 amide bonds. The second-order valence-corrected chi connectivity index (χ2v) is 6.29. The smallest absolute Gasteiger partial charge is 0.0595 e. The Balaban J connectivity index is 2.25. The zero-order chi connectivity index (χ0) is 15.4. The molecule has 0 spiro atoms. The van der Waals surface area contributed by atoms with Crippen molar-refractivity contribution in [1.29, 1.82) is 0 Å². The standard InChI is InChI=1S/C17H18Cl3N/c1-3-21-17(13-5-7-14(18)11(2)8-13)10-12-4-6-15(19)16(20)9-12/h4-9,17,21H,3,10H2,1-2H3. The lowest BCUT2D eigenvalue weighted by Gasteiger charge is -2.19. The predicted octanol–water partition coefficient (Wildman–Crippen LogP) is 5.85. The molecule has 1 atom stereocenters. The average Bonchev–Trinajstić information content (AvgIpc) is 2.45. The van der Waals surface area contributed by atoms with Crippen molar-refractivity contribution in [1.82, 2.24) is 5.32 Å². The van der Waals surface area contributed by atoms with Crippen LogP contribution in [-0.4, -0.2) is 6.54 Å². The van der Waals surface area contributed by atoms with E-state index in [1.807, 2.05) is 31.2 Å². The fourth-order valence-corrected chi connectivity index (χ4v) is 2.78. The van der Waals surface area contributed by atoms with Crippen LogP contribution in [-0.2, 0) is 6.42 Å². The summed E-state index contributed by atoms with van der Waals surface area (Å²) in [6, 6.07) is 12.2. The van der Waals surface area contributed by atoms with E-state index in [0.29, 0.717) is 10.0 Å². The van der Waals surface area contributed by atoms with Gasteiger partial charge >= 0.3 is 0 Å². The number of aryl methyl sites for hydroxylation is 1. The van der Waals surface area contributed by atoms with Crippen LogP contribution < -0.4 is 5.32 Å². The lowest BCUT2D eigenvalue weighted by Crippen LogP contribution is -2.23. The predicted molar refractivity (Wildman–Crippen MR) is 92.8 cm³/mol. The molecule has 1 unspecified atom stereocenters. The molecule has 0 radical (unpaired) electrons. The molecule has 0 fully saturated rings.